The Labute approximate surface area is 156 Å². The Balaban J connectivity index is 1.37. The molecule has 0 unspecified atom stereocenters. The van der Waals surface area contributed by atoms with Crippen LogP contribution in [-0.4, -0.2) is 25.0 Å². The molecule has 25 heavy (non-hydrogen) atoms. The van der Waals surface area contributed by atoms with Crippen molar-refractivity contribution in [2.45, 2.75) is 5.75 Å². The van der Waals surface area contributed by atoms with E-state index in [0.717, 1.165) is 33.4 Å². The minimum Gasteiger partial charge on any atom is -0.454 e. The molecule has 0 aromatic heterocycles. The second-order valence-corrected chi connectivity index (χ2v) is 6.89. The van der Waals surface area contributed by atoms with Gasteiger partial charge in [-0.25, -0.2) is 0 Å². The largest absolute Gasteiger partial charge is 0.454 e. The first-order chi connectivity index (χ1) is 12.2. The molecule has 3 rings (SSSR count). The highest BCUT2D eigenvalue weighted by Crippen LogP contribution is 2.32. The Kier molecular flexibility index (Phi) is 6.25. The van der Waals surface area contributed by atoms with Crippen molar-refractivity contribution in [3.63, 3.8) is 0 Å². The molecule has 0 radical (unpaired) electrons. The fourth-order valence-corrected chi connectivity index (χ4v) is 3.44. The molecule has 0 spiro atoms. The van der Waals surface area contributed by atoms with Crippen LogP contribution in [-0.2, 0) is 10.5 Å². The van der Waals surface area contributed by atoms with Gasteiger partial charge < -0.3 is 14.8 Å². The van der Waals surface area contributed by atoms with Gasteiger partial charge in [-0.2, -0.15) is 11.8 Å². The molecule has 1 aliphatic heterocycles. The Hall–Kier alpha value is -2.11. The van der Waals surface area contributed by atoms with Crippen LogP contribution < -0.4 is 14.8 Å². The highest BCUT2D eigenvalue weighted by atomic mass is 35.5. The van der Waals surface area contributed by atoms with Crippen LogP contribution in [0.3, 0.4) is 0 Å². The van der Waals surface area contributed by atoms with Crippen LogP contribution in [0, 0.1) is 0 Å². The fraction of sp³-hybridized carbons (Fsp3) is 0.211. The minimum atomic E-state index is -0.115. The number of hydrogen-bond donors (Lipinski definition) is 1. The highest BCUT2D eigenvalue weighted by molar-refractivity contribution is 7.98. The van der Waals surface area contributed by atoms with Crippen molar-refractivity contribution in [1.29, 1.82) is 0 Å². The molecule has 130 valence electrons. The normalized spacial score (nSPS) is 12.5. The van der Waals surface area contributed by atoms with Gasteiger partial charge in [0.15, 0.2) is 11.5 Å². The van der Waals surface area contributed by atoms with E-state index in [-0.39, 0.29) is 12.7 Å². The van der Waals surface area contributed by atoms with Gasteiger partial charge in [-0.05, 0) is 35.4 Å². The zero-order chi connectivity index (χ0) is 17.5. The standard InChI is InChI=1S/C19H18ClNO3S/c20-16-4-2-1-3-15(16)12-25-10-9-21-19(22)8-6-14-5-7-17-18(11-14)24-13-23-17/h1-8,11H,9-10,12-13H2,(H,21,22). The molecule has 4 nitrogen and oxygen atoms in total. The Bertz CT molecular complexity index is 779. The first kappa shape index (κ1) is 17.7. The fourth-order valence-electron chi connectivity index (χ4n) is 2.29. The number of carbonyl (C=O) groups excluding carboxylic acids is 1. The van der Waals surface area contributed by atoms with Crippen LogP contribution >= 0.6 is 23.4 Å². The summed E-state index contributed by atoms with van der Waals surface area (Å²) in [7, 11) is 0. The smallest absolute Gasteiger partial charge is 0.244 e. The number of ether oxygens (including phenoxy) is 2. The Morgan fingerprint density at radius 3 is 2.92 bits per heavy atom. The lowest BCUT2D eigenvalue weighted by atomic mass is 10.2. The van der Waals surface area contributed by atoms with Crippen LogP contribution in [0.15, 0.2) is 48.5 Å². The van der Waals surface area contributed by atoms with Crippen LogP contribution in [0.1, 0.15) is 11.1 Å². The van der Waals surface area contributed by atoms with Crippen molar-refractivity contribution in [3.8, 4) is 11.5 Å². The maximum atomic E-state index is 11.9. The van der Waals surface area contributed by atoms with Gasteiger partial charge in [-0.1, -0.05) is 35.9 Å². The van der Waals surface area contributed by atoms with Gasteiger partial charge in [0, 0.05) is 29.1 Å². The summed E-state index contributed by atoms with van der Waals surface area (Å²) in [5.41, 5.74) is 2.01. The average molecular weight is 376 g/mol. The van der Waals surface area contributed by atoms with E-state index in [2.05, 4.69) is 5.32 Å². The minimum absolute atomic E-state index is 0.115. The molecule has 1 heterocycles. The number of amides is 1. The molecule has 1 aliphatic rings. The molecule has 0 atom stereocenters. The van der Waals surface area contributed by atoms with E-state index in [1.807, 2.05) is 42.5 Å². The van der Waals surface area contributed by atoms with Crippen LogP contribution in [0.5, 0.6) is 11.5 Å². The van der Waals surface area contributed by atoms with E-state index in [1.54, 1.807) is 17.8 Å². The van der Waals surface area contributed by atoms with E-state index in [0.29, 0.717) is 12.3 Å². The molecule has 0 saturated carbocycles. The van der Waals surface area contributed by atoms with Gasteiger partial charge >= 0.3 is 0 Å². The Morgan fingerprint density at radius 2 is 2.04 bits per heavy atom. The van der Waals surface area contributed by atoms with Crippen molar-refractivity contribution in [2.24, 2.45) is 0 Å². The number of benzene rings is 2. The summed E-state index contributed by atoms with van der Waals surface area (Å²) < 4.78 is 10.6. The lowest BCUT2D eigenvalue weighted by molar-refractivity contribution is -0.116. The number of rotatable bonds is 7. The molecule has 0 bridgehead atoms. The van der Waals surface area contributed by atoms with Gasteiger partial charge in [0.2, 0.25) is 12.7 Å². The topological polar surface area (TPSA) is 47.6 Å². The predicted octanol–water partition coefficient (Wildman–Crippen LogP) is 4.13. The third-order valence-corrected chi connectivity index (χ3v) is 4.96. The molecule has 0 aliphatic carbocycles. The van der Waals surface area contributed by atoms with Crippen LogP contribution in [0.25, 0.3) is 6.08 Å². The molecular weight excluding hydrogens is 358 g/mol. The monoisotopic (exact) mass is 375 g/mol. The summed E-state index contributed by atoms with van der Waals surface area (Å²) in [6, 6.07) is 13.4. The van der Waals surface area contributed by atoms with Crippen molar-refractivity contribution < 1.29 is 14.3 Å². The van der Waals surface area contributed by atoms with Crippen molar-refractivity contribution >= 4 is 35.3 Å². The molecule has 1 amide bonds. The zero-order valence-electron chi connectivity index (χ0n) is 13.5. The van der Waals surface area contributed by atoms with Crippen molar-refractivity contribution in [2.75, 3.05) is 19.1 Å². The molecule has 0 fully saturated rings. The number of nitrogens with one attached hydrogen (secondary N) is 1. The van der Waals surface area contributed by atoms with E-state index in [9.17, 15) is 4.79 Å². The molecule has 0 saturated heterocycles. The average Bonchev–Trinajstić information content (AvgIpc) is 3.09. The summed E-state index contributed by atoms with van der Waals surface area (Å²) in [6.07, 6.45) is 3.28. The summed E-state index contributed by atoms with van der Waals surface area (Å²) in [6.45, 7) is 0.855. The van der Waals surface area contributed by atoms with Crippen LogP contribution in [0.2, 0.25) is 5.02 Å². The lowest BCUT2D eigenvalue weighted by Crippen LogP contribution is -2.23. The lowest BCUT2D eigenvalue weighted by Gasteiger charge is -2.05. The third kappa shape index (κ3) is 5.18. The quantitative estimate of drug-likeness (QED) is 0.584. The van der Waals surface area contributed by atoms with E-state index >= 15 is 0 Å². The molecule has 2 aromatic carbocycles. The second-order valence-electron chi connectivity index (χ2n) is 5.38. The van der Waals surface area contributed by atoms with E-state index in [1.165, 1.54) is 6.08 Å². The van der Waals surface area contributed by atoms with Crippen molar-refractivity contribution in [3.05, 3.63) is 64.7 Å². The number of fused-ring (bicyclic) bond motifs is 1. The maximum Gasteiger partial charge on any atom is 0.244 e. The molecule has 6 heteroatoms. The maximum absolute atomic E-state index is 11.9. The predicted molar refractivity (Wildman–Crippen MR) is 102 cm³/mol. The van der Waals surface area contributed by atoms with Gasteiger partial charge in [0.25, 0.3) is 0 Å². The number of carbonyl (C=O) groups is 1. The van der Waals surface area contributed by atoms with Gasteiger partial charge in [0.1, 0.15) is 0 Å². The SMILES string of the molecule is O=C(C=Cc1ccc2c(c1)OCO2)NCCSCc1ccccc1Cl. The number of thioether (sulfide) groups is 1. The van der Waals surface area contributed by atoms with Crippen molar-refractivity contribution in [1.82, 2.24) is 5.32 Å². The molecule has 2 aromatic rings. The van der Waals surface area contributed by atoms with E-state index < -0.39 is 0 Å². The number of halogens is 1. The highest BCUT2D eigenvalue weighted by Gasteiger charge is 2.12. The second kappa shape index (κ2) is 8.83. The number of hydrogen-bond acceptors (Lipinski definition) is 4. The van der Waals surface area contributed by atoms with E-state index in [4.69, 9.17) is 21.1 Å². The summed E-state index contributed by atoms with van der Waals surface area (Å²) >= 11 is 7.85. The zero-order valence-corrected chi connectivity index (χ0v) is 15.1. The molecule has 1 N–H and O–H groups in total. The Morgan fingerprint density at radius 1 is 1.20 bits per heavy atom. The first-order valence-electron chi connectivity index (χ1n) is 7.89. The molecular formula is C19H18ClNO3S. The first-order valence-corrected chi connectivity index (χ1v) is 9.42. The summed E-state index contributed by atoms with van der Waals surface area (Å²) in [5, 5.41) is 3.65. The van der Waals surface area contributed by atoms with Gasteiger partial charge in [-0.15, -0.1) is 0 Å². The summed E-state index contributed by atoms with van der Waals surface area (Å²) in [4.78, 5) is 11.9. The third-order valence-electron chi connectivity index (χ3n) is 3.58. The van der Waals surface area contributed by atoms with Gasteiger partial charge in [0.05, 0.1) is 0 Å². The van der Waals surface area contributed by atoms with Gasteiger partial charge in [-0.3, -0.25) is 4.79 Å². The van der Waals surface area contributed by atoms with Crippen LogP contribution in [0.4, 0.5) is 0 Å². The summed E-state index contributed by atoms with van der Waals surface area (Å²) in [5.74, 6) is 2.99.